The second kappa shape index (κ2) is 7.51. The molecule has 0 fully saturated rings. The first-order valence-corrected chi connectivity index (χ1v) is 8.99. The third-order valence-corrected chi connectivity index (χ3v) is 4.77. The van der Waals surface area contributed by atoms with Gasteiger partial charge in [0, 0.05) is 11.9 Å². The molecule has 5 nitrogen and oxygen atoms in total. The molecule has 2 heterocycles. The SMILES string of the molecule is COc1ccc(Nc2ncccc2N=Cc2nc3ccc(F)cc3s2)cc1. The molecule has 4 rings (SSSR count). The summed E-state index contributed by atoms with van der Waals surface area (Å²) < 4.78 is 19.3. The monoisotopic (exact) mass is 378 g/mol. The number of hydrogen-bond acceptors (Lipinski definition) is 6. The van der Waals surface area contributed by atoms with Gasteiger partial charge >= 0.3 is 0 Å². The Bertz CT molecular complexity index is 1110. The first-order chi connectivity index (χ1) is 13.2. The summed E-state index contributed by atoms with van der Waals surface area (Å²) in [5.74, 6) is 1.14. The number of nitrogens with zero attached hydrogens (tertiary/aromatic N) is 3. The van der Waals surface area contributed by atoms with Crippen LogP contribution >= 0.6 is 11.3 Å². The number of aliphatic imine (C=N–C) groups is 1. The summed E-state index contributed by atoms with van der Waals surface area (Å²) in [5.41, 5.74) is 2.31. The number of benzene rings is 2. The van der Waals surface area contributed by atoms with Crippen LogP contribution in [0.15, 0.2) is 65.8 Å². The number of nitrogens with one attached hydrogen (secondary N) is 1. The Morgan fingerprint density at radius 2 is 2.00 bits per heavy atom. The lowest BCUT2D eigenvalue weighted by molar-refractivity contribution is 0.415. The molecule has 0 aliphatic rings. The Hall–Kier alpha value is -3.32. The molecule has 7 heteroatoms. The zero-order valence-corrected chi connectivity index (χ0v) is 15.2. The van der Waals surface area contributed by atoms with Gasteiger partial charge in [-0.05, 0) is 54.6 Å². The fourth-order valence-electron chi connectivity index (χ4n) is 2.50. The third kappa shape index (κ3) is 3.93. The lowest BCUT2D eigenvalue weighted by Crippen LogP contribution is -1.94. The molecule has 2 aromatic heterocycles. The summed E-state index contributed by atoms with van der Waals surface area (Å²) in [4.78, 5) is 13.3. The fraction of sp³-hybridized carbons (Fsp3) is 0.0500. The molecule has 0 radical (unpaired) electrons. The molecule has 1 N–H and O–H groups in total. The van der Waals surface area contributed by atoms with Crippen LogP contribution in [-0.4, -0.2) is 23.3 Å². The molecule has 0 bridgehead atoms. The van der Waals surface area contributed by atoms with E-state index in [1.54, 1.807) is 25.6 Å². The van der Waals surface area contributed by atoms with Crippen molar-refractivity contribution in [3.63, 3.8) is 0 Å². The predicted molar refractivity (Wildman–Crippen MR) is 107 cm³/mol. The van der Waals surface area contributed by atoms with Gasteiger partial charge in [-0.1, -0.05) is 0 Å². The Balaban J connectivity index is 1.58. The van der Waals surface area contributed by atoms with Gasteiger partial charge in [0.2, 0.25) is 0 Å². The van der Waals surface area contributed by atoms with Gasteiger partial charge in [-0.15, -0.1) is 11.3 Å². The first kappa shape index (κ1) is 17.1. The molecule has 2 aromatic carbocycles. The van der Waals surface area contributed by atoms with Crippen molar-refractivity contribution in [1.82, 2.24) is 9.97 Å². The van der Waals surface area contributed by atoms with E-state index in [4.69, 9.17) is 4.74 Å². The van der Waals surface area contributed by atoms with Crippen LogP contribution in [0.1, 0.15) is 5.01 Å². The number of methoxy groups -OCH3 is 1. The smallest absolute Gasteiger partial charge is 0.156 e. The van der Waals surface area contributed by atoms with E-state index in [0.29, 0.717) is 16.5 Å². The number of aromatic nitrogens is 2. The minimum Gasteiger partial charge on any atom is -0.497 e. The quantitative estimate of drug-likeness (QED) is 0.477. The van der Waals surface area contributed by atoms with E-state index in [-0.39, 0.29) is 5.82 Å². The third-order valence-electron chi connectivity index (χ3n) is 3.82. The maximum atomic E-state index is 13.3. The van der Waals surface area contributed by atoms with Crippen molar-refractivity contribution in [2.24, 2.45) is 4.99 Å². The summed E-state index contributed by atoms with van der Waals surface area (Å²) in [7, 11) is 1.63. The molecule has 0 unspecified atom stereocenters. The molecular weight excluding hydrogens is 363 g/mol. The Kier molecular flexibility index (Phi) is 4.76. The normalized spacial score (nSPS) is 11.2. The maximum Gasteiger partial charge on any atom is 0.156 e. The first-order valence-electron chi connectivity index (χ1n) is 8.17. The molecule has 4 aromatic rings. The van der Waals surface area contributed by atoms with Gasteiger partial charge in [-0.3, -0.25) is 0 Å². The van der Waals surface area contributed by atoms with Crippen molar-refractivity contribution in [3.05, 3.63) is 71.6 Å². The average Bonchev–Trinajstić information content (AvgIpc) is 3.10. The Morgan fingerprint density at radius 3 is 2.81 bits per heavy atom. The minimum absolute atomic E-state index is 0.270. The van der Waals surface area contributed by atoms with Gasteiger partial charge in [0.05, 0.1) is 23.5 Å². The molecule has 0 saturated heterocycles. The van der Waals surface area contributed by atoms with Crippen molar-refractivity contribution in [2.45, 2.75) is 0 Å². The predicted octanol–water partition coefficient (Wildman–Crippen LogP) is 5.33. The van der Waals surface area contributed by atoms with Crippen LogP contribution < -0.4 is 10.1 Å². The zero-order chi connectivity index (χ0) is 18.6. The molecule has 0 aliphatic carbocycles. The minimum atomic E-state index is -0.270. The van der Waals surface area contributed by atoms with E-state index < -0.39 is 0 Å². The standard InChI is InChI=1S/C20H15FN4OS/c1-26-15-7-5-14(6-8-15)24-20-17(3-2-10-22-20)23-12-19-25-16-9-4-13(21)11-18(16)27-19/h2-12H,1H3,(H,22,24). The maximum absolute atomic E-state index is 13.3. The second-order valence-electron chi connectivity index (χ2n) is 5.65. The van der Waals surface area contributed by atoms with Gasteiger partial charge in [-0.2, -0.15) is 0 Å². The number of hydrogen-bond donors (Lipinski definition) is 1. The largest absolute Gasteiger partial charge is 0.497 e. The molecule has 0 aliphatic heterocycles. The van der Waals surface area contributed by atoms with Crippen LogP contribution in [0.3, 0.4) is 0 Å². The molecule has 0 saturated carbocycles. The molecule has 27 heavy (non-hydrogen) atoms. The highest BCUT2D eigenvalue weighted by atomic mass is 32.1. The number of fused-ring (bicyclic) bond motifs is 1. The number of pyridine rings is 1. The van der Waals surface area contributed by atoms with Gasteiger partial charge < -0.3 is 10.1 Å². The van der Waals surface area contributed by atoms with Crippen molar-refractivity contribution in [2.75, 3.05) is 12.4 Å². The molecule has 0 atom stereocenters. The van der Waals surface area contributed by atoms with Crippen molar-refractivity contribution >= 4 is 45.0 Å². The highest BCUT2D eigenvalue weighted by Crippen LogP contribution is 2.27. The van der Waals surface area contributed by atoms with Crippen LogP contribution in [0.4, 0.5) is 21.6 Å². The van der Waals surface area contributed by atoms with Crippen LogP contribution in [-0.2, 0) is 0 Å². The van der Waals surface area contributed by atoms with Gasteiger partial charge in [0.1, 0.15) is 22.3 Å². The van der Waals surface area contributed by atoms with E-state index in [1.807, 2.05) is 36.4 Å². The Morgan fingerprint density at radius 1 is 1.15 bits per heavy atom. The lowest BCUT2D eigenvalue weighted by Gasteiger charge is -2.08. The van der Waals surface area contributed by atoms with Crippen molar-refractivity contribution in [3.8, 4) is 5.75 Å². The van der Waals surface area contributed by atoms with E-state index in [2.05, 4.69) is 20.3 Å². The van der Waals surface area contributed by atoms with E-state index in [1.165, 1.54) is 23.5 Å². The van der Waals surface area contributed by atoms with Gasteiger partial charge in [0.25, 0.3) is 0 Å². The highest BCUT2D eigenvalue weighted by molar-refractivity contribution is 7.20. The van der Waals surface area contributed by atoms with Crippen LogP contribution in [0.25, 0.3) is 10.2 Å². The molecule has 134 valence electrons. The molecular formula is C20H15FN4OS. The van der Waals surface area contributed by atoms with E-state index >= 15 is 0 Å². The highest BCUT2D eigenvalue weighted by Gasteiger charge is 2.05. The number of anilines is 2. The molecule has 0 spiro atoms. The van der Waals surface area contributed by atoms with Gasteiger partial charge in [-0.25, -0.2) is 19.4 Å². The summed E-state index contributed by atoms with van der Waals surface area (Å²) >= 11 is 1.39. The summed E-state index contributed by atoms with van der Waals surface area (Å²) in [6.07, 6.45) is 3.37. The number of rotatable bonds is 5. The van der Waals surface area contributed by atoms with Crippen LogP contribution in [0.5, 0.6) is 5.75 Å². The fourth-order valence-corrected chi connectivity index (χ4v) is 3.37. The van der Waals surface area contributed by atoms with Crippen LogP contribution in [0.2, 0.25) is 0 Å². The van der Waals surface area contributed by atoms with E-state index in [9.17, 15) is 4.39 Å². The van der Waals surface area contributed by atoms with Crippen LogP contribution in [0, 0.1) is 5.82 Å². The number of halogens is 1. The summed E-state index contributed by atoms with van der Waals surface area (Å²) in [5, 5.41) is 3.95. The van der Waals surface area contributed by atoms with Crippen molar-refractivity contribution in [1.29, 1.82) is 0 Å². The number of ether oxygens (including phenoxy) is 1. The zero-order valence-electron chi connectivity index (χ0n) is 14.4. The molecule has 0 amide bonds. The topological polar surface area (TPSA) is 59.4 Å². The summed E-state index contributed by atoms with van der Waals surface area (Å²) in [6.45, 7) is 0. The Labute approximate surface area is 159 Å². The van der Waals surface area contributed by atoms with Crippen molar-refractivity contribution < 1.29 is 9.13 Å². The number of thiazole rings is 1. The lowest BCUT2D eigenvalue weighted by atomic mass is 10.3. The van der Waals surface area contributed by atoms with E-state index in [0.717, 1.165) is 21.7 Å². The average molecular weight is 378 g/mol. The second-order valence-corrected chi connectivity index (χ2v) is 6.71. The summed E-state index contributed by atoms with van der Waals surface area (Å²) in [6, 6.07) is 15.8. The van der Waals surface area contributed by atoms with Gasteiger partial charge in [0.15, 0.2) is 5.82 Å².